The van der Waals surface area contributed by atoms with Gasteiger partial charge in [-0.25, -0.2) is 0 Å². The van der Waals surface area contributed by atoms with Gasteiger partial charge in [0.25, 0.3) is 17.7 Å². The van der Waals surface area contributed by atoms with Crippen LogP contribution in [0.4, 0.5) is 5.69 Å². The number of rotatable bonds is 6. The van der Waals surface area contributed by atoms with Crippen LogP contribution in [-0.2, 0) is 11.2 Å². The van der Waals surface area contributed by atoms with Gasteiger partial charge in [-0.3, -0.25) is 19.3 Å². The Bertz CT molecular complexity index is 1390. The topological polar surface area (TPSA) is 66.9 Å². The summed E-state index contributed by atoms with van der Waals surface area (Å²) in [6.07, 6.45) is 2.26. The third-order valence-corrected chi connectivity index (χ3v) is 7.01. The lowest BCUT2D eigenvalue weighted by molar-refractivity contribution is -0.123. The number of hydrogen-bond donors (Lipinski definition) is 0. The second-order valence-electron chi connectivity index (χ2n) is 10.00. The van der Waals surface area contributed by atoms with Gasteiger partial charge in [0.2, 0.25) is 0 Å². The molecule has 37 heavy (non-hydrogen) atoms. The Morgan fingerprint density at radius 3 is 2.14 bits per heavy atom. The Hall–Kier alpha value is -4.19. The largest absolute Gasteiger partial charge is 0.494 e. The molecule has 0 spiro atoms. The highest BCUT2D eigenvalue weighted by molar-refractivity contribution is 6.23. The standard InChI is InChI=1S/C31H30N2O4/c1-5-37-22-15-16-23-20(2)19-31(3,4)33(26(23)18-22)30(36)27(17-21-11-7-6-8-12-21)32-28(34)24-13-9-10-14-25(24)29(32)35/h6-16,18-19,27H,5,17H2,1-4H3. The van der Waals surface area contributed by atoms with E-state index in [1.54, 1.807) is 29.2 Å². The van der Waals surface area contributed by atoms with Crippen molar-refractivity contribution in [3.8, 4) is 5.75 Å². The van der Waals surface area contributed by atoms with E-state index in [2.05, 4.69) is 6.08 Å². The van der Waals surface area contributed by atoms with Gasteiger partial charge in [0, 0.05) is 18.1 Å². The van der Waals surface area contributed by atoms with Crippen LogP contribution in [0.2, 0.25) is 0 Å². The highest BCUT2D eigenvalue weighted by atomic mass is 16.5. The zero-order valence-corrected chi connectivity index (χ0v) is 21.5. The molecule has 2 aliphatic heterocycles. The number of fused-ring (bicyclic) bond motifs is 2. The normalized spacial score (nSPS) is 16.7. The van der Waals surface area contributed by atoms with Crippen LogP contribution >= 0.6 is 0 Å². The SMILES string of the molecule is CCOc1ccc2c(c1)N(C(=O)C(Cc1ccccc1)N1C(=O)c3ccccc3C1=O)C(C)(C)C=C2C. The van der Waals surface area contributed by atoms with Crippen LogP contribution in [0.1, 0.15) is 59.5 Å². The zero-order valence-electron chi connectivity index (χ0n) is 21.5. The van der Waals surface area contributed by atoms with Crippen molar-refractivity contribution in [2.24, 2.45) is 0 Å². The van der Waals surface area contributed by atoms with Crippen LogP contribution in [-0.4, -0.2) is 40.8 Å². The second kappa shape index (κ2) is 9.36. The number of carbonyl (C=O) groups is 3. The quantitative estimate of drug-likeness (QED) is 0.423. The molecule has 2 aliphatic rings. The van der Waals surface area contributed by atoms with E-state index in [0.29, 0.717) is 29.2 Å². The summed E-state index contributed by atoms with van der Waals surface area (Å²) in [6, 6.07) is 20.9. The molecular weight excluding hydrogens is 464 g/mol. The summed E-state index contributed by atoms with van der Waals surface area (Å²) in [5.74, 6) is -0.550. The number of benzene rings is 3. The van der Waals surface area contributed by atoms with Gasteiger partial charge in [0.15, 0.2) is 0 Å². The van der Waals surface area contributed by atoms with Crippen molar-refractivity contribution in [1.29, 1.82) is 0 Å². The minimum Gasteiger partial charge on any atom is -0.494 e. The lowest BCUT2D eigenvalue weighted by atomic mass is 9.87. The molecule has 2 heterocycles. The summed E-state index contributed by atoms with van der Waals surface area (Å²) in [5, 5.41) is 0. The van der Waals surface area contributed by atoms with E-state index >= 15 is 0 Å². The summed E-state index contributed by atoms with van der Waals surface area (Å²) in [5.41, 5.74) is 3.48. The first-order valence-electron chi connectivity index (χ1n) is 12.5. The fourth-order valence-electron chi connectivity index (χ4n) is 5.44. The van der Waals surface area contributed by atoms with E-state index in [1.807, 2.05) is 76.2 Å². The molecule has 6 heteroatoms. The van der Waals surface area contributed by atoms with Crippen molar-refractivity contribution >= 4 is 29.0 Å². The number of anilines is 1. The van der Waals surface area contributed by atoms with Gasteiger partial charge < -0.3 is 9.64 Å². The Labute approximate surface area is 217 Å². The van der Waals surface area contributed by atoms with Crippen LogP contribution in [0.25, 0.3) is 5.57 Å². The summed E-state index contributed by atoms with van der Waals surface area (Å²) >= 11 is 0. The highest BCUT2D eigenvalue weighted by Crippen LogP contribution is 2.42. The van der Waals surface area contributed by atoms with E-state index in [0.717, 1.165) is 21.6 Å². The number of amides is 3. The second-order valence-corrected chi connectivity index (χ2v) is 10.00. The minimum atomic E-state index is -1.02. The molecule has 1 unspecified atom stereocenters. The molecule has 3 aromatic rings. The predicted octanol–water partition coefficient (Wildman–Crippen LogP) is 5.52. The van der Waals surface area contributed by atoms with E-state index in [-0.39, 0.29) is 12.3 Å². The van der Waals surface area contributed by atoms with Crippen LogP contribution < -0.4 is 9.64 Å². The molecule has 3 aromatic carbocycles. The molecule has 0 saturated carbocycles. The fraction of sp³-hybridized carbons (Fsp3) is 0.258. The zero-order chi connectivity index (χ0) is 26.3. The Morgan fingerprint density at radius 1 is 0.892 bits per heavy atom. The molecule has 0 radical (unpaired) electrons. The fourth-order valence-corrected chi connectivity index (χ4v) is 5.44. The minimum absolute atomic E-state index is 0.209. The first-order valence-corrected chi connectivity index (χ1v) is 12.5. The van der Waals surface area contributed by atoms with Gasteiger partial charge in [-0.05, 0) is 63.1 Å². The molecule has 1 atom stereocenters. The summed E-state index contributed by atoms with van der Waals surface area (Å²) in [7, 11) is 0. The maximum Gasteiger partial charge on any atom is 0.262 e. The Balaban J connectivity index is 1.63. The smallest absolute Gasteiger partial charge is 0.262 e. The van der Waals surface area contributed by atoms with Gasteiger partial charge in [-0.2, -0.15) is 0 Å². The average Bonchev–Trinajstić information content (AvgIpc) is 3.12. The first kappa shape index (κ1) is 24.5. The maximum atomic E-state index is 14.6. The lowest BCUT2D eigenvalue weighted by Crippen LogP contribution is -2.58. The predicted molar refractivity (Wildman–Crippen MR) is 144 cm³/mol. The number of hydrogen-bond acceptors (Lipinski definition) is 4. The molecule has 188 valence electrons. The number of imide groups is 1. The number of carbonyl (C=O) groups excluding carboxylic acids is 3. The molecule has 0 saturated heterocycles. The van der Waals surface area contributed by atoms with E-state index in [4.69, 9.17) is 4.74 Å². The number of ether oxygens (including phenoxy) is 1. The maximum absolute atomic E-state index is 14.6. The molecule has 0 aromatic heterocycles. The summed E-state index contributed by atoms with van der Waals surface area (Å²) < 4.78 is 5.76. The van der Waals surface area contributed by atoms with Crippen molar-refractivity contribution in [2.75, 3.05) is 11.5 Å². The molecule has 5 rings (SSSR count). The van der Waals surface area contributed by atoms with Crippen LogP contribution in [0.15, 0.2) is 78.9 Å². The van der Waals surface area contributed by atoms with Crippen molar-refractivity contribution in [3.05, 3.63) is 101 Å². The van der Waals surface area contributed by atoms with Crippen LogP contribution in [0, 0.1) is 0 Å². The van der Waals surface area contributed by atoms with Gasteiger partial charge in [0.05, 0.1) is 29.0 Å². The molecule has 0 N–H and O–H groups in total. The monoisotopic (exact) mass is 494 g/mol. The molecule has 0 bridgehead atoms. The average molecular weight is 495 g/mol. The van der Waals surface area contributed by atoms with Gasteiger partial charge in [-0.15, -0.1) is 0 Å². The Kier molecular flexibility index (Phi) is 6.20. The number of allylic oxidation sites excluding steroid dienone is 1. The molecule has 0 aliphatic carbocycles. The number of nitrogens with zero attached hydrogens (tertiary/aromatic N) is 2. The van der Waals surface area contributed by atoms with Gasteiger partial charge in [-0.1, -0.05) is 48.5 Å². The molecular formula is C31H30N2O4. The van der Waals surface area contributed by atoms with Crippen LogP contribution in [0.5, 0.6) is 5.75 Å². The third-order valence-electron chi connectivity index (χ3n) is 7.01. The summed E-state index contributed by atoms with van der Waals surface area (Å²) in [4.78, 5) is 44.5. The van der Waals surface area contributed by atoms with Crippen molar-refractivity contribution in [2.45, 2.75) is 45.7 Å². The van der Waals surface area contributed by atoms with E-state index in [9.17, 15) is 14.4 Å². The Morgan fingerprint density at radius 2 is 1.51 bits per heavy atom. The lowest BCUT2D eigenvalue weighted by Gasteiger charge is -2.44. The van der Waals surface area contributed by atoms with E-state index < -0.39 is 23.4 Å². The van der Waals surface area contributed by atoms with Gasteiger partial charge in [0.1, 0.15) is 11.8 Å². The van der Waals surface area contributed by atoms with E-state index in [1.165, 1.54) is 0 Å². The van der Waals surface area contributed by atoms with Crippen LogP contribution in [0.3, 0.4) is 0 Å². The molecule has 6 nitrogen and oxygen atoms in total. The molecule has 3 amide bonds. The third kappa shape index (κ3) is 4.22. The first-order chi connectivity index (χ1) is 17.7. The van der Waals surface area contributed by atoms with Crippen molar-refractivity contribution < 1.29 is 19.1 Å². The summed E-state index contributed by atoms with van der Waals surface area (Å²) in [6.45, 7) is 8.36. The highest BCUT2D eigenvalue weighted by Gasteiger charge is 2.47. The van der Waals surface area contributed by atoms with Gasteiger partial charge >= 0.3 is 0 Å². The molecule has 0 fully saturated rings. The van der Waals surface area contributed by atoms with Crippen molar-refractivity contribution in [1.82, 2.24) is 4.90 Å². The van der Waals surface area contributed by atoms with Crippen molar-refractivity contribution in [3.63, 3.8) is 0 Å².